The molecular formula is C11H17N3O. The first-order chi connectivity index (χ1) is 7.19. The van der Waals surface area contributed by atoms with Gasteiger partial charge in [-0.2, -0.15) is 0 Å². The van der Waals surface area contributed by atoms with E-state index in [0.717, 1.165) is 12.8 Å². The number of pyridine rings is 1. The number of rotatable bonds is 5. The van der Waals surface area contributed by atoms with Gasteiger partial charge in [0.05, 0.1) is 5.56 Å². The first kappa shape index (κ1) is 11.5. The molecule has 4 nitrogen and oxygen atoms in total. The molecule has 82 valence electrons. The van der Waals surface area contributed by atoms with Gasteiger partial charge in [0.15, 0.2) is 0 Å². The maximum atomic E-state index is 11.1. The van der Waals surface area contributed by atoms with Crippen molar-refractivity contribution in [3.63, 3.8) is 0 Å². The SMILES string of the molecule is CCC(CC)Nc1ncccc1C(N)=O. The summed E-state index contributed by atoms with van der Waals surface area (Å²) in [4.78, 5) is 15.2. The van der Waals surface area contributed by atoms with Crippen molar-refractivity contribution in [3.8, 4) is 0 Å². The molecule has 1 amide bonds. The van der Waals surface area contributed by atoms with E-state index in [-0.39, 0.29) is 0 Å². The number of nitrogens with zero attached hydrogens (tertiary/aromatic N) is 1. The summed E-state index contributed by atoms with van der Waals surface area (Å²) in [5.41, 5.74) is 5.70. The van der Waals surface area contributed by atoms with E-state index in [2.05, 4.69) is 24.1 Å². The lowest BCUT2D eigenvalue weighted by atomic mass is 10.1. The van der Waals surface area contributed by atoms with E-state index in [1.807, 2.05) is 0 Å². The number of anilines is 1. The highest BCUT2D eigenvalue weighted by Crippen LogP contribution is 2.13. The van der Waals surface area contributed by atoms with Crippen LogP contribution in [0.5, 0.6) is 0 Å². The Labute approximate surface area is 89.9 Å². The number of carbonyl (C=O) groups excluding carboxylic acids is 1. The molecule has 1 heterocycles. The van der Waals surface area contributed by atoms with Crippen LogP contribution in [0.25, 0.3) is 0 Å². The van der Waals surface area contributed by atoms with Gasteiger partial charge in [-0.25, -0.2) is 4.98 Å². The molecule has 3 N–H and O–H groups in total. The predicted molar refractivity (Wildman–Crippen MR) is 60.7 cm³/mol. The van der Waals surface area contributed by atoms with Crippen molar-refractivity contribution in [2.75, 3.05) is 5.32 Å². The zero-order valence-electron chi connectivity index (χ0n) is 9.16. The van der Waals surface area contributed by atoms with E-state index in [0.29, 0.717) is 17.4 Å². The largest absolute Gasteiger partial charge is 0.367 e. The molecule has 0 aliphatic heterocycles. The van der Waals surface area contributed by atoms with E-state index in [9.17, 15) is 4.79 Å². The van der Waals surface area contributed by atoms with E-state index >= 15 is 0 Å². The van der Waals surface area contributed by atoms with Crippen LogP contribution in [-0.2, 0) is 0 Å². The Morgan fingerprint density at radius 3 is 2.73 bits per heavy atom. The molecule has 0 unspecified atom stereocenters. The highest BCUT2D eigenvalue weighted by molar-refractivity contribution is 5.97. The zero-order chi connectivity index (χ0) is 11.3. The van der Waals surface area contributed by atoms with E-state index in [4.69, 9.17) is 5.73 Å². The standard InChI is InChI=1S/C11H17N3O/c1-3-8(4-2)14-11-9(10(12)15)6-5-7-13-11/h5-8H,3-4H2,1-2H3,(H2,12,15)(H,13,14). The summed E-state index contributed by atoms with van der Waals surface area (Å²) in [5, 5.41) is 3.22. The Hall–Kier alpha value is -1.58. The Bertz CT molecular complexity index is 334. The number of hydrogen-bond donors (Lipinski definition) is 2. The van der Waals surface area contributed by atoms with Crippen LogP contribution in [0, 0.1) is 0 Å². The molecule has 0 aliphatic rings. The maximum absolute atomic E-state index is 11.1. The average Bonchev–Trinajstić information content (AvgIpc) is 2.26. The smallest absolute Gasteiger partial charge is 0.252 e. The van der Waals surface area contributed by atoms with Crippen LogP contribution < -0.4 is 11.1 Å². The Balaban J connectivity index is 2.88. The van der Waals surface area contributed by atoms with Crippen molar-refractivity contribution < 1.29 is 4.79 Å². The van der Waals surface area contributed by atoms with Gasteiger partial charge in [-0.3, -0.25) is 4.79 Å². The van der Waals surface area contributed by atoms with Crippen LogP contribution in [0.15, 0.2) is 18.3 Å². The molecule has 15 heavy (non-hydrogen) atoms. The number of nitrogens with two attached hydrogens (primary N) is 1. The molecule has 0 bridgehead atoms. The summed E-state index contributed by atoms with van der Waals surface area (Å²) in [7, 11) is 0. The van der Waals surface area contributed by atoms with Gasteiger partial charge >= 0.3 is 0 Å². The molecule has 0 saturated carbocycles. The molecule has 1 aromatic heterocycles. The van der Waals surface area contributed by atoms with Crippen molar-refractivity contribution >= 4 is 11.7 Å². The van der Waals surface area contributed by atoms with Crippen LogP contribution in [-0.4, -0.2) is 16.9 Å². The summed E-state index contributed by atoms with van der Waals surface area (Å²) in [6.45, 7) is 4.18. The van der Waals surface area contributed by atoms with Crippen LogP contribution in [0.4, 0.5) is 5.82 Å². The normalized spacial score (nSPS) is 10.3. The minimum Gasteiger partial charge on any atom is -0.367 e. The van der Waals surface area contributed by atoms with Gasteiger partial charge in [0.2, 0.25) is 0 Å². The molecule has 0 fully saturated rings. The fraction of sp³-hybridized carbons (Fsp3) is 0.455. The maximum Gasteiger partial charge on any atom is 0.252 e. The lowest BCUT2D eigenvalue weighted by molar-refractivity contribution is 0.100. The number of hydrogen-bond acceptors (Lipinski definition) is 3. The van der Waals surface area contributed by atoms with Gasteiger partial charge in [-0.1, -0.05) is 13.8 Å². The molecule has 0 aromatic carbocycles. The minimum absolute atomic E-state index is 0.331. The van der Waals surface area contributed by atoms with Gasteiger partial charge in [-0.05, 0) is 25.0 Å². The lowest BCUT2D eigenvalue weighted by Crippen LogP contribution is -2.22. The van der Waals surface area contributed by atoms with E-state index < -0.39 is 5.91 Å². The van der Waals surface area contributed by atoms with Crippen molar-refractivity contribution in [3.05, 3.63) is 23.9 Å². The second kappa shape index (κ2) is 5.34. The van der Waals surface area contributed by atoms with E-state index in [1.165, 1.54) is 0 Å². The Kier molecular flexibility index (Phi) is 4.09. The average molecular weight is 207 g/mol. The molecule has 0 atom stereocenters. The summed E-state index contributed by atoms with van der Waals surface area (Å²) in [6, 6.07) is 3.72. The fourth-order valence-electron chi connectivity index (χ4n) is 1.41. The lowest BCUT2D eigenvalue weighted by Gasteiger charge is -2.16. The van der Waals surface area contributed by atoms with Crippen LogP contribution >= 0.6 is 0 Å². The molecule has 0 aliphatic carbocycles. The third-order valence-corrected chi connectivity index (χ3v) is 2.40. The summed E-state index contributed by atoms with van der Waals surface area (Å²) in [5.74, 6) is 0.134. The van der Waals surface area contributed by atoms with Crippen molar-refractivity contribution in [1.82, 2.24) is 4.98 Å². The molecule has 0 saturated heterocycles. The van der Waals surface area contributed by atoms with Gasteiger partial charge in [0.25, 0.3) is 5.91 Å². The second-order valence-corrected chi connectivity index (χ2v) is 3.42. The van der Waals surface area contributed by atoms with Crippen molar-refractivity contribution in [1.29, 1.82) is 0 Å². The van der Waals surface area contributed by atoms with Crippen LogP contribution in [0.3, 0.4) is 0 Å². The topological polar surface area (TPSA) is 68.0 Å². The van der Waals surface area contributed by atoms with Gasteiger partial charge < -0.3 is 11.1 Å². The van der Waals surface area contributed by atoms with Gasteiger partial charge in [0.1, 0.15) is 5.82 Å². The Morgan fingerprint density at radius 1 is 1.53 bits per heavy atom. The number of carbonyl (C=O) groups is 1. The van der Waals surface area contributed by atoms with Crippen LogP contribution in [0.2, 0.25) is 0 Å². The monoisotopic (exact) mass is 207 g/mol. The van der Waals surface area contributed by atoms with Gasteiger partial charge in [-0.15, -0.1) is 0 Å². The molecular weight excluding hydrogens is 190 g/mol. The minimum atomic E-state index is -0.448. The number of nitrogens with one attached hydrogen (secondary N) is 1. The zero-order valence-corrected chi connectivity index (χ0v) is 9.16. The fourth-order valence-corrected chi connectivity index (χ4v) is 1.41. The number of primary amides is 1. The molecule has 4 heteroatoms. The third kappa shape index (κ3) is 2.94. The number of aromatic nitrogens is 1. The summed E-state index contributed by atoms with van der Waals surface area (Å²) >= 11 is 0. The summed E-state index contributed by atoms with van der Waals surface area (Å²) < 4.78 is 0. The second-order valence-electron chi connectivity index (χ2n) is 3.42. The quantitative estimate of drug-likeness (QED) is 0.773. The predicted octanol–water partition coefficient (Wildman–Crippen LogP) is 1.78. The van der Waals surface area contributed by atoms with Crippen molar-refractivity contribution in [2.45, 2.75) is 32.7 Å². The summed E-state index contributed by atoms with van der Waals surface area (Å²) in [6.07, 6.45) is 3.63. The molecule has 0 spiro atoms. The third-order valence-electron chi connectivity index (χ3n) is 2.40. The molecule has 1 aromatic rings. The van der Waals surface area contributed by atoms with Crippen LogP contribution in [0.1, 0.15) is 37.0 Å². The first-order valence-corrected chi connectivity index (χ1v) is 5.20. The first-order valence-electron chi connectivity index (χ1n) is 5.20. The van der Waals surface area contributed by atoms with Crippen molar-refractivity contribution in [2.24, 2.45) is 5.73 Å². The highest BCUT2D eigenvalue weighted by Gasteiger charge is 2.11. The number of amides is 1. The molecule has 0 radical (unpaired) electrons. The molecule has 1 rings (SSSR count). The van der Waals surface area contributed by atoms with Gasteiger partial charge in [0, 0.05) is 12.2 Å². The highest BCUT2D eigenvalue weighted by atomic mass is 16.1. The van der Waals surface area contributed by atoms with E-state index in [1.54, 1.807) is 18.3 Å². The Morgan fingerprint density at radius 2 is 2.20 bits per heavy atom.